The lowest BCUT2D eigenvalue weighted by molar-refractivity contribution is -0.114. The second kappa shape index (κ2) is 18.2. The first-order valence-corrected chi connectivity index (χ1v) is 11.5. The Morgan fingerprint density at radius 2 is 1.47 bits per heavy atom. The Labute approximate surface area is 204 Å². The molecule has 188 valence electrons. The minimum absolute atomic E-state index is 0.0197. The molecule has 0 aromatic heterocycles. The number of carbonyl (C=O) groups excluding carboxylic acids is 2. The molecule has 0 fully saturated rings. The van der Waals surface area contributed by atoms with Gasteiger partial charge in [-0.2, -0.15) is 0 Å². The Morgan fingerprint density at radius 1 is 0.912 bits per heavy atom. The van der Waals surface area contributed by atoms with Gasteiger partial charge in [0.2, 0.25) is 5.91 Å². The monoisotopic (exact) mass is 474 g/mol. The van der Waals surface area contributed by atoms with Gasteiger partial charge in [-0.05, 0) is 47.7 Å². The SMILES string of the molecule is C=C(F)C(=O)Nc1cccc(C(C)C)c1.C=CC(=O)Nc1cccc(F)c1C(C)C.CC.CC. The second-order valence-electron chi connectivity index (χ2n) is 7.19. The fourth-order valence-electron chi connectivity index (χ4n) is 2.59. The predicted molar refractivity (Wildman–Crippen MR) is 141 cm³/mol. The maximum atomic E-state index is 13.5. The summed E-state index contributed by atoms with van der Waals surface area (Å²) >= 11 is 0. The molecular formula is C28H40F2N2O2. The highest BCUT2D eigenvalue weighted by Gasteiger charge is 2.12. The molecular weight excluding hydrogens is 434 g/mol. The summed E-state index contributed by atoms with van der Waals surface area (Å²) < 4.78 is 25.9. The quantitative estimate of drug-likeness (QED) is 0.413. The van der Waals surface area contributed by atoms with Crippen molar-refractivity contribution >= 4 is 23.2 Å². The van der Waals surface area contributed by atoms with E-state index in [0.717, 1.165) is 11.6 Å². The van der Waals surface area contributed by atoms with Gasteiger partial charge in [0, 0.05) is 16.9 Å². The lowest BCUT2D eigenvalue weighted by Crippen LogP contribution is -2.11. The molecule has 2 aromatic carbocycles. The summed E-state index contributed by atoms with van der Waals surface area (Å²) in [5.74, 6) is -2.02. The molecule has 0 atom stereocenters. The molecule has 4 nitrogen and oxygen atoms in total. The first-order chi connectivity index (χ1) is 16.1. The maximum absolute atomic E-state index is 13.5. The van der Waals surface area contributed by atoms with Crippen LogP contribution in [0.3, 0.4) is 0 Å². The fraction of sp³-hybridized carbons (Fsp3) is 0.357. The van der Waals surface area contributed by atoms with Gasteiger partial charge in [-0.15, -0.1) is 0 Å². The van der Waals surface area contributed by atoms with Crippen LogP contribution in [0.1, 0.15) is 78.4 Å². The molecule has 34 heavy (non-hydrogen) atoms. The molecule has 0 spiro atoms. The van der Waals surface area contributed by atoms with Crippen LogP contribution in [0.2, 0.25) is 0 Å². The first kappa shape index (κ1) is 32.9. The zero-order chi connectivity index (χ0) is 26.8. The van der Waals surface area contributed by atoms with Crippen LogP contribution in [-0.4, -0.2) is 11.8 Å². The topological polar surface area (TPSA) is 58.2 Å². The number of nitrogens with one attached hydrogen (secondary N) is 2. The Hall–Kier alpha value is -3.28. The summed E-state index contributed by atoms with van der Waals surface area (Å²) in [5, 5.41) is 5.01. The van der Waals surface area contributed by atoms with Crippen LogP contribution in [0.4, 0.5) is 20.2 Å². The zero-order valence-corrected chi connectivity index (χ0v) is 21.8. The predicted octanol–water partition coefficient (Wildman–Crippen LogP) is 8.36. The number of rotatable bonds is 6. The highest BCUT2D eigenvalue weighted by atomic mass is 19.1. The second-order valence-corrected chi connectivity index (χ2v) is 7.19. The molecule has 2 N–H and O–H groups in total. The van der Waals surface area contributed by atoms with Crippen molar-refractivity contribution in [3.05, 3.63) is 84.5 Å². The van der Waals surface area contributed by atoms with Gasteiger partial charge in [-0.25, -0.2) is 8.78 Å². The zero-order valence-electron chi connectivity index (χ0n) is 21.8. The summed E-state index contributed by atoms with van der Waals surface area (Å²) in [6.07, 6.45) is 1.16. The van der Waals surface area contributed by atoms with Crippen molar-refractivity contribution in [1.82, 2.24) is 0 Å². The van der Waals surface area contributed by atoms with Gasteiger partial charge in [0.15, 0.2) is 5.83 Å². The standard InChI is InChI=1S/2C12H14FNO.2C2H6/c1-8(2)10-5-4-6-11(7-10)14-12(15)9(3)13;1-4-11(15)14-10-7-5-6-9(13)12(10)8(2)3;2*1-2/h4-8H,3H2,1-2H3,(H,14,15);4-8H,1H2,2-3H3,(H,14,15);2*1-2H3. The molecule has 0 aliphatic rings. The van der Waals surface area contributed by atoms with Gasteiger partial charge in [0.05, 0.1) is 0 Å². The van der Waals surface area contributed by atoms with E-state index < -0.39 is 11.7 Å². The molecule has 0 heterocycles. The van der Waals surface area contributed by atoms with E-state index in [1.54, 1.807) is 18.2 Å². The average molecular weight is 475 g/mol. The van der Waals surface area contributed by atoms with Gasteiger partial charge in [-0.3, -0.25) is 9.59 Å². The van der Waals surface area contributed by atoms with E-state index in [2.05, 4.69) is 37.6 Å². The largest absolute Gasteiger partial charge is 0.322 e. The number of carbonyl (C=O) groups is 2. The van der Waals surface area contributed by atoms with Gasteiger partial charge in [0.25, 0.3) is 5.91 Å². The molecule has 0 radical (unpaired) electrons. The van der Waals surface area contributed by atoms with Crippen LogP contribution in [0.5, 0.6) is 0 Å². The number of amides is 2. The lowest BCUT2D eigenvalue weighted by atomic mass is 10.0. The summed E-state index contributed by atoms with van der Waals surface area (Å²) in [5.41, 5.74) is 2.71. The number of hydrogen-bond donors (Lipinski definition) is 2. The average Bonchev–Trinajstić information content (AvgIpc) is 2.82. The summed E-state index contributed by atoms with van der Waals surface area (Å²) in [4.78, 5) is 22.1. The first-order valence-electron chi connectivity index (χ1n) is 11.5. The minimum atomic E-state index is -0.982. The van der Waals surface area contributed by atoms with Crippen molar-refractivity contribution in [1.29, 1.82) is 0 Å². The van der Waals surface area contributed by atoms with Gasteiger partial charge >= 0.3 is 0 Å². The molecule has 2 aromatic rings. The Morgan fingerprint density at radius 3 is 1.94 bits per heavy atom. The van der Waals surface area contributed by atoms with Crippen molar-refractivity contribution in [2.24, 2.45) is 0 Å². The van der Waals surface area contributed by atoms with Crippen molar-refractivity contribution in [2.45, 2.75) is 67.2 Å². The Balaban J connectivity index is 0. The van der Waals surface area contributed by atoms with E-state index in [1.165, 1.54) is 6.07 Å². The smallest absolute Gasteiger partial charge is 0.283 e. The van der Waals surface area contributed by atoms with Gasteiger partial charge < -0.3 is 10.6 Å². The number of halogens is 2. The van der Waals surface area contributed by atoms with E-state index in [0.29, 0.717) is 22.9 Å². The molecule has 2 rings (SSSR count). The Kier molecular flexibility index (Phi) is 17.6. The third kappa shape index (κ3) is 12.1. The van der Waals surface area contributed by atoms with Gasteiger partial charge in [0.1, 0.15) is 5.82 Å². The maximum Gasteiger partial charge on any atom is 0.283 e. The van der Waals surface area contributed by atoms with Crippen LogP contribution >= 0.6 is 0 Å². The molecule has 0 bridgehead atoms. The molecule has 0 saturated heterocycles. The molecule has 0 aliphatic heterocycles. The van der Waals surface area contributed by atoms with E-state index in [4.69, 9.17) is 0 Å². The summed E-state index contributed by atoms with van der Waals surface area (Å²) in [6, 6.07) is 12.0. The van der Waals surface area contributed by atoms with E-state index in [1.807, 2.05) is 59.7 Å². The number of anilines is 2. The molecule has 0 unspecified atom stereocenters. The molecule has 0 aliphatic carbocycles. The van der Waals surface area contributed by atoms with Crippen LogP contribution in [0, 0.1) is 5.82 Å². The van der Waals surface area contributed by atoms with E-state index in [9.17, 15) is 18.4 Å². The minimum Gasteiger partial charge on any atom is -0.322 e. The van der Waals surface area contributed by atoms with Crippen LogP contribution in [-0.2, 0) is 9.59 Å². The third-order valence-corrected chi connectivity index (χ3v) is 4.13. The highest BCUT2D eigenvalue weighted by molar-refractivity contribution is 6.01. The lowest BCUT2D eigenvalue weighted by Gasteiger charge is -2.13. The van der Waals surface area contributed by atoms with Crippen molar-refractivity contribution in [3.63, 3.8) is 0 Å². The van der Waals surface area contributed by atoms with Gasteiger partial charge in [-0.1, -0.05) is 86.7 Å². The Bertz CT molecular complexity index is 922. The van der Waals surface area contributed by atoms with Crippen LogP contribution in [0.25, 0.3) is 0 Å². The molecule has 2 amide bonds. The van der Waals surface area contributed by atoms with E-state index >= 15 is 0 Å². The summed E-state index contributed by atoms with van der Waals surface area (Å²) in [6.45, 7) is 22.1. The van der Waals surface area contributed by atoms with Crippen molar-refractivity contribution in [2.75, 3.05) is 10.6 Å². The highest BCUT2D eigenvalue weighted by Crippen LogP contribution is 2.26. The molecule has 6 heteroatoms. The van der Waals surface area contributed by atoms with E-state index in [-0.39, 0.29) is 17.6 Å². The number of benzene rings is 2. The van der Waals surface area contributed by atoms with Crippen LogP contribution in [0.15, 0.2) is 67.5 Å². The fourth-order valence-corrected chi connectivity index (χ4v) is 2.59. The van der Waals surface area contributed by atoms with Crippen molar-refractivity contribution < 1.29 is 18.4 Å². The third-order valence-electron chi connectivity index (χ3n) is 4.13. The molecule has 0 saturated carbocycles. The number of hydrogen-bond acceptors (Lipinski definition) is 2. The van der Waals surface area contributed by atoms with Crippen LogP contribution < -0.4 is 10.6 Å². The summed E-state index contributed by atoms with van der Waals surface area (Å²) in [7, 11) is 0. The normalized spacial score (nSPS) is 9.29. The van der Waals surface area contributed by atoms with Crippen molar-refractivity contribution in [3.8, 4) is 0 Å².